The van der Waals surface area contributed by atoms with Crippen molar-refractivity contribution >= 4 is 11.4 Å². The monoisotopic (exact) mass is 580 g/mol. The Bertz CT molecular complexity index is 1640. The molecule has 0 bridgehead atoms. The Kier molecular flexibility index (Phi) is 9.27. The van der Waals surface area contributed by atoms with E-state index in [-0.39, 0.29) is 0 Å². The molecule has 4 aromatic carbocycles. The first-order valence-corrected chi connectivity index (χ1v) is 15.6. The molecule has 0 fully saturated rings. The summed E-state index contributed by atoms with van der Waals surface area (Å²) in [4.78, 5) is 4.88. The van der Waals surface area contributed by atoms with Crippen LogP contribution in [0.25, 0.3) is 0 Å². The Morgan fingerprint density at radius 1 is 0.545 bits per heavy atom. The zero-order valence-electron chi connectivity index (χ0n) is 25.7. The van der Waals surface area contributed by atoms with Gasteiger partial charge in [0.05, 0.1) is 0 Å². The largest absolute Gasteiger partial charge is 0.457 e. The van der Waals surface area contributed by atoms with Crippen molar-refractivity contribution in [2.45, 2.75) is 39.5 Å². The molecule has 0 atom stereocenters. The fourth-order valence-electron chi connectivity index (χ4n) is 5.53. The number of aryl methyl sites for hydroxylation is 2. The van der Waals surface area contributed by atoms with Crippen LogP contribution in [-0.2, 0) is 0 Å². The molecule has 4 heteroatoms. The third-order valence-corrected chi connectivity index (χ3v) is 7.98. The van der Waals surface area contributed by atoms with Gasteiger partial charge in [0.1, 0.15) is 23.0 Å². The summed E-state index contributed by atoms with van der Waals surface area (Å²) in [6, 6.07) is 33.3. The van der Waals surface area contributed by atoms with Crippen LogP contribution in [0.3, 0.4) is 0 Å². The molecule has 0 amide bonds. The van der Waals surface area contributed by atoms with Crippen LogP contribution in [0.15, 0.2) is 145 Å². The highest BCUT2D eigenvalue weighted by Crippen LogP contribution is 2.31. The minimum Gasteiger partial charge on any atom is -0.457 e. The van der Waals surface area contributed by atoms with Crippen LogP contribution in [0.2, 0.25) is 0 Å². The molecule has 0 aromatic heterocycles. The van der Waals surface area contributed by atoms with E-state index in [0.717, 1.165) is 73.1 Å². The molecule has 2 aliphatic rings. The predicted molar refractivity (Wildman–Crippen MR) is 183 cm³/mol. The van der Waals surface area contributed by atoms with Gasteiger partial charge in [-0.1, -0.05) is 59.7 Å². The van der Waals surface area contributed by atoms with Crippen molar-refractivity contribution in [1.82, 2.24) is 0 Å². The maximum Gasteiger partial charge on any atom is 0.127 e. The van der Waals surface area contributed by atoms with Gasteiger partial charge in [-0.25, -0.2) is 0 Å². The first kappa shape index (κ1) is 29.1. The van der Waals surface area contributed by atoms with Crippen molar-refractivity contribution in [2.75, 3.05) is 22.9 Å². The second-order valence-electron chi connectivity index (χ2n) is 11.4. The van der Waals surface area contributed by atoms with E-state index >= 15 is 0 Å². The molecule has 0 saturated carbocycles. The number of ether oxygens (including phenoxy) is 2. The average molecular weight is 581 g/mol. The van der Waals surface area contributed by atoms with Crippen LogP contribution < -0.4 is 19.3 Å². The molecule has 0 heterocycles. The lowest BCUT2D eigenvalue weighted by Crippen LogP contribution is -2.34. The summed E-state index contributed by atoms with van der Waals surface area (Å²) >= 11 is 0. The van der Waals surface area contributed by atoms with Crippen LogP contribution in [0.4, 0.5) is 11.4 Å². The summed E-state index contributed by atoms with van der Waals surface area (Å²) in [5, 5.41) is 0. The SMILES string of the molecule is Cc1ccc(Oc2ccc(N(CCN(C3=CC=CCC3)c3ccc(Oc4ccc(C)cc4)cc3)C3=CCCC=C3)cc2)cc1. The van der Waals surface area contributed by atoms with Gasteiger partial charge >= 0.3 is 0 Å². The normalized spacial score (nSPS) is 14.0. The van der Waals surface area contributed by atoms with E-state index in [1.807, 2.05) is 24.3 Å². The van der Waals surface area contributed by atoms with Gasteiger partial charge in [0.25, 0.3) is 0 Å². The number of anilines is 2. The van der Waals surface area contributed by atoms with Gasteiger partial charge in [-0.15, -0.1) is 0 Å². The Balaban J connectivity index is 1.21. The molecule has 222 valence electrons. The average Bonchev–Trinajstić information content (AvgIpc) is 3.07. The van der Waals surface area contributed by atoms with Crippen molar-refractivity contribution in [2.24, 2.45) is 0 Å². The number of hydrogen-bond acceptors (Lipinski definition) is 4. The number of rotatable bonds is 11. The smallest absolute Gasteiger partial charge is 0.127 e. The quantitative estimate of drug-likeness (QED) is 0.176. The van der Waals surface area contributed by atoms with Gasteiger partial charge in [-0.05, 0) is 124 Å². The van der Waals surface area contributed by atoms with Crippen LogP contribution in [0.5, 0.6) is 23.0 Å². The molecule has 4 aromatic rings. The van der Waals surface area contributed by atoms with Crippen molar-refractivity contribution in [3.8, 4) is 23.0 Å². The lowest BCUT2D eigenvalue weighted by molar-refractivity contribution is 0.482. The molecule has 4 nitrogen and oxygen atoms in total. The molecule has 44 heavy (non-hydrogen) atoms. The van der Waals surface area contributed by atoms with Gasteiger partial charge in [0, 0.05) is 35.9 Å². The van der Waals surface area contributed by atoms with E-state index in [0.29, 0.717) is 0 Å². The molecular weight excluding hydrogens is 540 g/mol. The zero-order valence-corrected chi connectivity index (χ0v) is 25.7. The van der Waals surface area contributed by atoms with Crippen molar-refractivity contribution in [1.29, 1.82) is 0 Å². The fourth-order valence-corrected chi connectivity index (χ4v) is 5.53. The van der Waals surface area contributed by atoms with E-state index in [1.54, 1.807) is 0 Å². The summed E-state index contributed by atoms with van der Waals surface area (Å²) < 4.78 is 12.2. The third kappa shape index (κ3) is 7.51. The number of benzene rings is 4. The first-order chi connectivity index (χ1) is 21.6. The van der Waals surface area contributed by atoms with Crippen LogP contribution >= 0.6 is 0 Å². The standard InChI is InChI=1S/C40H40N2O2/c1-31-13-21-37(22-14-31)43-39-25-17-35(18-26-39)41(33-9-5-3-6-10-33)29-30-42(34-11-7-4-8-12-34)36-19-27-40(28-20-36)44-38-23-15-32(2)16-24-38/h3,5,7,9,11-28H,4,6,8,10,29-30H2,1-2H3. The maximum absolute atomic E-state index is 6.12. The van der Waals surface area contributed by atoms with Crippen LogP contribution in [-0.4, -0.2) is 13.1 Å². The van der Waals surface area contributed by atoms with Crippen molar-refractivity contribution in [3.63, 3.8) is 0 Å². The molecule has 0 unspecified atom stereocenters. The molecule has 0 saturated heterocycles. The molecule has 0 radical (unpaired) electrons. The molecule has 6 rings (SSSR count). The predicted octanol–water partition coefficient (Wildman–Crippen LogP) is 10.7. The minimum absolute atomic E-state index is 0.830. The number of nitrogens with zero attached hydrogens (tertiary/aromatic N) is 2. The zero-order chi connectivity index (χ0) is 30.1. The summed E-state index contributed by atoms with van der Waals surface area (Å²) in [6.07, 6.45) is 17.8. The lowest BCUT2D eigenvalue weighted by atomic mass is 10.1. The highest BCUT2D eigenvalue weighted by atomic mass is 16.5. The van der Waals surface area contributed by atoms with E-state index in [9.17, 15) is 0 Å². The Labute approximate surface area is 261 Å². The van der Waals surface area contributed by atoms with Gasteiger partial charge < -0.3 is 19.3 Å². The maximum atomic E-state index is 6.12. The molecule has 2 aliphatic carbocycles. The van der Waals surface area contributed by atoms with Crippen LogP contribution in [0.1, 0.15) is 36.8 Å². The highest BCUT2D eigenvalue weighted by molar-refractivity contribution is 5.59. The molecular formula is C40H40N2O2. The van der Waals surface area contributed by atoms with Gasteiger partial charge in [-0.3, -0.25) is 0 Å². The lowest BCUT2D eigenvalue weighted by Gasteiger charge is -2.33. The molecule has 0 spiro atoms. The second kappa shape index (κ2) is 14.0. The van der Waals surface area contributed by atoms with Gasteiger partial charge in [0.15, 0.2) is 0 Å². The van der Waals surface area contributed by atoms with E-state index in [2.05, 4.69) is 133 Å². The Morgan fingerprint density at radius 2 is 1.05 bits per heavy atom. The highest BCUT2D eigenvalue weighted by Gasteiger charge is 2.18. The summed E-state index contributed by atoms with van der Waals surface area (Å²) in [5.74, 6) is 3.36. The fraction of sp³-hybridized carbons (Fsp3) is 0.200. The molecule has 0 aliphatic heterocycles. The van der Waals surface area contributed by atoms with Crippen molar-refractivity contribution < 1.29 is 9.47 Å². The summed E-state index contributed by atoms with van der Waals surface area (Å²) in [7, 11) is 0. The van der Waals surface area contributed by atoms with E-state index < -0.39 is 0 Å². The third-order valence-electron chi connectivity index (χ3n) is 7.98. The molecule has 0 N–H and O–H groups in total. The summed E-state index contributed by atoms with van der Waals surface area (Å²) in [6.45, 7) is 5.84. The Hall–Kier alpha value is -4.96. The topological polar surface area (TPSA) is 24.9 Å². The van der Waals surface area contributed by atoms with Crippen LogP contribution in [0, 0.1) is 13.8 Å². The van der Waals surface area contributed by atoms with Gasteiger partial charge in [-0.2, -0.15) is 0 Å². The van der Waals surface area contributed by atoms with E-state index in [1.165, 1.54) is 22.5 Å². The first-order valence-electron chi connectivity index (χ1n) is 15.6. The summed E-state index contributed by atoms with van der Waals surface area (Å²) in [5.41, 5.74) is 7.32. The van der Waals surface area contributed by atoms with Crippen molar-refractivity contribution in [3.05, 3.63) is 156 Å². The number of hydrogen-bond donors (Lipinski definition) is 0. The van der Waals surface area contributed by atoms with E-state index in [4.69, 9.17) is 9.47 Å². The Morgan fingerprint density at radius 3 is 1.52 bits per heavy atom. The number of allylic oxidation sites excluding steroid dienone is 7. The minimum atomic E-state index is 0.830. The van der Waals surface area contributed by atoms with Gasteiger partial charge in [0.2, 0.25) is 0 Å². The second-order valence-corrected chi connectivity index (χ2v) is 11.4.